The lowest BCUT2D eigenvalue weighted by atomic mass is 9.84. The van der Waals surface area contributed by atoms with Gasteiger partial charge in [0.2, 0.25) is 15.9 Å². The molecule has 3 aromatic rings. The number of sulfonamides is 1. The molecule has 0 spiro atoms. The number of aromatic nitrogens is 3. The third-order valence-electron chi connectivity index (χ3n) is 6.85. The molecule has 0 radical (unpaired) electrons. The van der Waals surface area contributed by atoms with Gasteiger partial charge in [0.15, 0.2) is 5.82 Å². The highest BCUT2D eigenvalue weighted by atomic mass is 32.2. The van der Waals surface area contributed by atoms with Gasteiger partial charge < -0.3 is 15.2 Å². The molecule has 0 bridgehead atoms. The number of nitrogens with zero attached hydrogens (tertiary/aromatic N) is 6. The summed E-state index contributed by atoms with van der Waals surface area (Å²) in [5, 5.41) is 26.7. The highest BCUT2D eigenvalue weighted by Gasteiger charge is 2.40. The Bertz CT molecular complexity index is 1590. The van der Waals surface area contributed by atoms with Crippen LogP contribution in [0.2, 0.25) is 0 Å². The number of hydrogen-bond donors (Lipinski definition) is 2. The molecule has 1 fully saturated rings. The molecular formula is C25H28N8O4S. The number of fused-ring (bicyclic) bond motifs is 1. The van der Waals surface area contributed by atoms with Crippen LogP contribution in [0.1, 0.15) is 32.1 Å². The summed E-state index contributed by atoms with van der Waals surface area (Å²) < 4.78 is 27.6. The van der Waals surface area contributed by atoms with E-state index in [-0.39, 0.29) is 41.4 Å². The molecule has 1 aliphatic heterocycles. The Hall–Kier alpha value is -4.20. The summed E-state index contributed by atoms with van der Waals surface area (Å²) in [6, 6.07) is 12.1. The molecule has 13 heteroatoms. The van der Waals surface area contributed by atoms with Crippen LogP contribution in [-0.4, -0.2) is 65.5 Å². The van der Waals surface area contributed by atoms with Crippen molar-refractivity contribution in [1.82, 2.24) is 24.0 Å². The second kappa shape index (κ2) is 10.7. The van der Waals surface area contributed by atoms with Crippen LogP contribution in [0, 0.1) is 22.7 Å². The first-order chi connectivity index (χ1) is 18.1. The predicted molar refractivity (Wildman–Crippen MR) is 140 cm³/mol. The molecular weight excluding hydrogens is 508 g/mol. The van der Waals surface area contributed by atoms with Crippen molar-refractivity contribution in [2.24, 2.45) is 0 Å². The number of rotatable bonds is 8. The van der Waals surface area contributed by atoms with Gasteiger partial charge in [0.25, 0.3) is 5.56 Å². The van der Waals surface area contributed by atoms with Gasteiger partial charge in [-0.2, -0.15) is 15.6 Å². The van der Waals surface area contributed by atoms with Crippen LogP contribution < -0.4 is 10.9 Å². The van der Waals surface area contributed by atoms with E-state index >= 15 is 0 Å². The minimum absolute atomic E-state index is 0.0963. The monoisotopic (exact) mass is 536 g/mol. The second-order valence-corrected chi connectivity index (χ2v) is 11.5. The van der Waals surface area contributed by atoms with E-state index in [4.69, 9.17) is 10.4 Å². The molecule has 2 aromatic heterocycles. The standard InChI is InChI=1S/C25H28N8O4S/c1-31(2)38(36,37)19-7-5-18(6-8-19)29-23-22-20(9-15-28-24(22)35)33(30-23)25(10-14-27)11-16-32(17-12-25)21(34)4-3-13-26/h5-9,15H,3-4,10-12,16-17H2,1-2H3,(H,28,35)(H,29,30). The molecule has 12 nitrogen and oxygen atoms in total. The fourth-order valence-electron chi connectivity index (χ4n) is 4.69. The van der Waals surface area contributed by atoms with Gasteiger partial charge in [0, 0.05) is 51.9 Å². The Balaban J connectivity index is 1.69. The van der Waals surface area contributed by atoms with Crippen molar-refractivity contribution >= 4 is 38.3 Å². The predicted octanol–water partition coefficient (Wildman–Crippen LogP) is 2.25. The molecule has 1 aromatic carbocycles. The van der Waals surface area contributed by atoms with E-state index < -0.39 is 15.6 Å². The van der Waals surface area contributed by atoms with Crippen molar-refractivity contribution in [2.75, 3.05) is 32.5 Å². The quantitative estimate of drug-likeness (QED) is 0.442. The van der Waals surface area contributed by atoms with E-state index in [1.165, 1.54) is 32.4 Å². The van der Waals surface area contributed by atoms with E-state index in [2.05, 4.69) is 16.4 Å². The number of anilines is 2. The van der Waals surface area contributed by atoms with Gasteiger partial charge in [-0.3, -0.25) is 14.3 Å². The minimum atomic E-state index is -3.59. The third kappa shape index (κ3) is 4.98. The van der Waals surface area contributed by atoms with Crippen LogP contribution in [0.3, 0.4) is 0 Å². The minimum Gasteiger partial charge on any atom is -0.342 e. The number of likely N-dealkylation sites (tertiary alicyclic amines) is 1. The number of nitriles is 2. The normalized spacial score (nSPS) is 15.2. The van der Waals surface area contributed by atoms with Crippen LogP contribution in [-0.2, 0) is 20.4 Å². The van der Waals surface area contributed by atoms with Gasteiger partial charge in [-0.1, -0.05) is 0 Å². The zero-order chi connectivity index (χ0) is 27.5. The number of nitrogens with one attached hydrogen (secondary N) is 2. The van der Waals surface area contributed by atoms with Crippen molar-refractivity contribution in [3.8, 4) is 12.1 Å². The summed E-state index contributed by atoms with van der Waals surface area (Å²) in [5.41, 5.74) is -0.0253. The fraction of sp³-hybridized carbons (Fsp3) is 0.400. The van der Waals surface area contributed by atoms with Crippen molar-refractivity contribution in [3.05, 3.63) is 46.9 Å². The van der Waals surface area contributed by atoms with Gasteiger partial charge in [0.05, 0.1) is 34.5 Å². The number of aromatic amines is 1. The molecule has 1 aliphatic rings. The molecule has 3 heterocycles. The average molecular weight is 537 g/mol. The Kier molecular flexibility index (Phi) is 7.53. The first-order valence-corrected chi connectivity index (χ1v) is 13.5. The zero-order valence-electron chi connectivity index (χ0n) is 21.1. The Morgan fingerprint density at radius 2 is 1.84 bits per heavy atom. The summed E-state index contributed by atoms with van der Waals surface area (Å²) in [6.07, 6.45) is 2.88. The van der Waals surface area contributed by atoms with Crippen LogP contribution >= 0.6 is 0 Å². The fourth-order valence-corrected chi connectivity index (χ4v) is 5.59. The number of pyridine rings is 1. The molecule has 38 heavy (non-hydrogen) atoms. The summed E-state index contributed by atoms with van der Waals surface area (Å²) >= 11 is 0. The lowest BCUT2D eigenvalue weighted by Crippen LogP contribution is -2.48. The summed E-state index contributed by atoms with van der Waals surface area (Å²) in [4.78, 5) is 29.8. The van der Waals surface area contributed by atoms with Crippen molar-refractivity contribution in [1.29, 1.82) is 10.5 Å². The van der Waals surface area contributed by atoms with Gasteiger partial charge in [0.1, 0.15) is 5.39 Å². The highest BCUT2D eigenvalue weighted by molar-refractivity contribution is 7.89. The molecule has 1 saturated heterocycles. The Labute approximate surface area is 220 Å². The molecule has 0 aliphatic carbocycles. The topological polar surface area (TPSA) is 168 Å². The maximum Gasteiger partial charge on any atom is 0.261 e. The lowest BCUT2D eigenvalue weighted by molar-refractivity contribution is -0.133. The van der Waals surface area contributed by atoms with E-state index in [0.29, 0.717) is 42.5 Å². The number of carbonyl (C=O) groups is 1. The molecule has 1 amide bonds. The maximum absolute atomic E-state index is 12.9. The van der Waals surface area contributed by atoms with Crippen LogP contribution in [0.5, 0.6) is 0 Å². The van der Waals surface area contributed by atoms with E-state index in [9.17, 15) is 23.3 Å². The number of piperidine rings is 1. The molecule has 2 N–H and O–H groups in total. The van der Waals surface area contributed by atoms with Crippen LogP contribution in [0.15, 0.2) is 46.2 Å². The first-order valence-electron chi connectivity index (χ1n) is 12.1. The average Bonchev–Trinajstić information content (AvgIpc) is 3.28. The molecule has 0 atom stereocenters. The molecule has 4 rings (SSSR count). The SMILES string of the molecule is CN(C)S(=O)(=O)c1ccc(Nc2nn(C3(CC#N)CCN(C(=O)CCC#N)CC3)c3cc[nH]c(=O)c23)cc1. The van der Waals surface area contributed by atoms with Gasteiger partial charge in [-0.25, -0.2) is 12.7 Å². The third-order valence-corrected chi connectivity index (χ3v) is 8.68. The van der Waals surface area contributed by atoms with Crippen molar-refractivity contribution in [2.45, 2.75) is 42.5 Å². The highest BCUT2D eigenvalue weighted by Crippen LogP contribution is 2.37. The number of benzene rings is 1. The van der Waals surface area contributed by atoms with E-state index in [1.54, 1.807) is 27.8 Å². The van der Waals surface area contributed by atoms with Crippen LogP contribution in [0.4, 0.5) is 11.5 Å². The maximum atomic E-state index is 12.9. The second-order valence-electron chi connectivity index (χ2n) is 9.36. The number of amides is 1. The van der Waals surface area contributed by atoms with Gasteiger partial charge >= 0.3 is 0 Å². The summed E-state index contributed by atoms with van der Waals surface area (Å²) in [7, 11) is -0.683. The van der Waals surface area contributed by atoms with Crippen LogP contribution in [0.25, 0.3) is 10.9 Å². The van der Waals surface area contributed by atoms with Gasteiger partial charge in [-0.05, 0) is 43.2 Å². The number of H-pyrrole nitrogens is 1. The zero-order valence-corrected chi connectivity index (χ0v) is 22.0. The smallest absolute Gasteiger partial charge is 0.261 e. The molecule has 0 unspecified atom stereocenters. The largest absolute Gasteiger partial charge is 0.342 e. The molecule has 198 valence electrons. The van der Waals surface area contributed by atoms with E-state index in [0.717, 1.165) is 4.31 Å². The van der Waals surface area contributed by atoms with Gasteiger partial charge in [-0.15, -0.1) is 0 Å². The number of carbonyl (C=O) groups excluding carboxylic acids is 1. The van der Waals surface area contributed by atoms with Crippen molar-refractivity contribution in [3.63, 3.8) is 0 Å². The van der Waals surface area contributed by atoms with Crippen molar-refractivity contribution < 1.29 is 13.2 Å². The summed E-state index contributed by atoms with van der Waals surface area (Å²) in [5.74, 6) is 0.177. The first kappa shape index (κ1) is 26.9. The lowest BCUT2D eigenvalue weighted by Gasteiger charge is -2.41. The number of hydrogen-bond acceptors (Lipinski definition) is 8. The van der Waals surface area contributed by atoms with E-state index in [1.807, 2.05) is 6.07 Å². The molecule has 0 saturated carbocycles. The Morgan fingerprint density at radius 1 is 1.16 bits per heavy atom. The summed E-state index contributed by atoms with van der Waals surface area (Å²) in [6.45, 7) is 0.808. The Morgan fingerprint density at radius 3 is 2.45 bits per heavy atom.